The van der Waals surface area contributed by atoms with Gasteiger partial charge >= 0.3 is 12.1 Å². The summed E-state index contributed by atoms with van der Waals surface area (Å²) in [7, 11) is 0. The van der Waals surface area contributed by atoms with Crippen molar-refractivity contribution >= 4 is 11.9 Å². The zero-order valence-corrected chi connectivity index (χ0v) is 12.2. The Labute approximate surface area is 130 Å². The molecule has 0 radical (unpaired) electrons. The van der Waals surface area contributed by atoms with Crippen LogP contribution >= 0.6 is 0 Å². The van der Waals surface area contributed by atoms with Gasteiger partial charge in [0, 0.05) is 12.5 Å². The summed E-state index contributed by atoms with van der Waals surface area (Å²) in [4.78, 5) is 23.1. The Bertz CT molecular complexity index is 652. The van der Waals surface area contributed by atoms with Gasteiger partial charge in [-0.15, -0.1) is 0 Å². The predicted molar refractivity (Wildman–Crippen MR) is 74.6 cm³/mol. The third kappa shape index (κ3) is 3.18. The number of rotatable bonds is 5. The molecular formula is C16H16F3NO3. The Morgan fingerprint density at radius 3 is 2.57 bits per heavy atom. The fraction of sp³-hybridized carbons (Fsp3) is 0.500. The molecular weight excluding hydrogens is 311 g/mol. The highest BCUT2D eigenvalue weighted by atomic mass is 19.4. The number of aliphatic carboxylic acids is 1. The minimum absolute atomic E-state index is 0.0903. The topological polar surface area (TPSA) is 66.4 Å². The molecule has 2 unspecified atom stereocenters. The SMILES string of the molecule is O=C(NCC1(C(=O)O)CC1)C1CC1c1cccc(C(F)(F)F)c1. The molecule has 2 N–H and O–H groups in total. The number of nitrogens with one attached hydrogen (secondary N) is 1. The molecule has 0 saturated heterocycles. The van der Waals surface area contributed by atoms with Gasteiger partial charge in [0.25, 0.3) is 0 Å². The van der Waals surface area contributed by atoms with Crippen molar-refractivity contribution in [1.29, 1.82) is 0 Å². The van der Waals surface area contributed by atoms with E-state index in [2.05, 4.69) is 5.32 Å². The molecule has 124 valence electrons. The van der Waals surface area contributed by atoms with Crippen molar-refractivity contribution in [2.45, 2.75) is 31.4 Å². The number of carboxylic acids is 1. The molecule has 0 heterocycles. The van der Waals surface area contributed by atoms with Gasteiger partial charge in [-0.2, -0.15) is 13.2 Å². The van der Waals surface area contributed by atoms with E-state index in [4.69, 9.17) is 5.11 Å². The first-order valence-electron chi connectivity index (χ1n) is 7.41. The normalized spacial score (nSPS) is 24.8. The lowest BCUT2D eigenvalue weighted by Crippen LogP contribution is -2.35. The average molecular weight is 327 g/mol. The van der Waals surface area contributed by atoms with E-state index < -0.39 is 23.1 Å². The second kappa shape index (κ2) is 5.25. The molecule has 1 amide bonds. The Hall–Kier alpha value is -2.05. The number of hydrogen-bond acceptors (Lipinski definition) is 2. The monoisotopic (exact) mass is 327 g/mol. The molecule has 23 heavy (non-hydrogen) atoms. The Balaban J connectivity index is 1.59. The third-order valence-electron chi connectivity index (χ3n) is 4.68. The molecule has 0 bridgehead atoms. The molecule has 3 rings (SSSR count). The number of alkyl halides is 3. The van der Waals surface area contributed by atoms with Gasteiger partial charge in [-0.1, -0.05) is 18.2 Å². The zero-order chi connectivity index (χ0) is 16.8. The van der Waals surface area contributed by atoms with E-state index in [-0.39, 0.29) is 24.3 Å². The van der Waals surface area contributed by atoms with Gasteiger partial charge in [0.1, 0.15) is 0 Å². The first-order valence-corrected chi connectivity index (χ1v) is 7.41. The third-order valence-corrected chi connectivity index (χ3v) is 4.68. The first-order chi connectivity index (χ1) is 10.7. The molecule has 7 heteroatoms. The number of hydrogen-bond donors (Lipinski definition) is 2. The maximum Gasteiger partial charge on any atom is 0.416 e. The van der Waals surface area contributed by atoms with Crippen LogP contribution < -0.4 is 5.32 Å². The molecule has 2 saturated carbocycles. The summed E-state index contributed by atoms with van der Waals surface area (Å²) in [6, 6.07) is 5.02. The zero-order valence-electron chi connectivity index (χ0n) is 12.2. The van der Waals surface area contributed by atoms with Crippen LogP contribution in [0.5, 0.6) is 0 Å². The molecule has 0 spiro atoms. The van der Waals surface area contributed by atoms with E-state index in [1.165, 1.54) is 6.07 Å². The summed E-state index contributed by atoms with van der Waals surface area (Å²) in [5, 5.41) is 11.7. The van der Waals surface area contributed by atoms with Gasteiger partial charge in [-0.05, 0) is 36.8 Å². The lowest BCUT2D eigenvalue weighted by Gasteiger charge is -2.11. The molecule has 2 fully saturated rings. The van der Waals surface area contributed by atoms with Crippen LogP contribution in [0, 0.1) is 11.3 Å². The number of halogens is 3. The Kier molecular flexibility index (Phi) is 3.61. The lowest BCUT2D eigenvalue weighted by molar-refractivity contribution is -0.143. The molecule has 1 aromatic carbocycles. The Morgan fingerprint density at radius 1 is 1.30 bits per heavy atom. The van der Waals surface area contributed by atoms with Gasteiger partial charge in [-0.3, -0.25) is 9.59 Å². The summed E-state index contributed by atoms with van der Waals surface area (Å²) in [6.07, 6.45) is -2.82. The summed E-state index contributed by atoms with van der Waals surface area (Å²) in [5.41, 5.74) is -1.06. The average Bonchev–Trinajstić information content (AvgIpc) is 3.36. The molecule has 1 aromatic rings. The number of carbonyl (C=O) groups is 2. The van der Waals surface area contributed by atoms with Crippen molar-refractivity contribution in [3.05, 3.63) is 35.4 Å². The number of amides is 1. The molecule has 4 nitrogen and oxygen atoms in total. The van der Waals surface area contributed by atoms with Gasteiger partial charge in [-0.25, -0.2) is 0 Å². The molecule has 2 aliphatic carbocycles. The van der Waals surface area contributed by atoms with E-state index >= 15 is 0 Å². The maximum absolute atomic E-state index is 12.7. The van der Waals surface area contributed by atoms with Crippen LogP contribution in [0.25, 0.3) is 0 Å². The van der Waals surface area contributed by atoms with Crippen molar-refractivity contribution in [1.82, 2.24) is 5.32 Å². The highest BCUT2D eigenvalue weighted by molar-refractivity contribution is 5.84. The quantitative estimate of drug-likeness (QED) is 0.874. The van der Waals surface area contributed by atoms with E-state index in [0.717, 1.165) is 12.1 Å². The van der Waals surface area contributed by atoms with E-state index in [1.807, 2.05) is 0 Å². The second-order valence-electron chi connectivity index (χ2n) is 6.38. The number of carboxylic acid groups (broad SMARTS) is 1. The first kappa shape index (κ1) is 15.8. The lowest BCUT2D eigenvalue weighted by atomic mass is 10.0. The van der Waals surface area contributed by atoms with Crippen molar-refractivity contribution in [2.75, 3.05) is 6.54 Å². The Morgan fingerprint density at radius 2 is 2.00 bits per heavy atom. The summed E-state index contributed by atoms with van der Waals surface area (Å²) in [6.45, 7) is 0.0903. The smallest absolute Gasteiger partial charge is 0.416 e. The van der Waals surface area contributed by atoms with Crippen molar-refractivity contribution < 1.29 is 27.9 Å². The summed E-state index contributed by atoms with van der Waals surface area (Å²) >= 11 is 0. The fourth-order valence-electron chi connectivity index (χ4n) is 2.80. The largest absolute Gasteiger partial charge is 0.481 e. The molecule has 0 aromatic heterocycles. The van der Waals surface area contributed by atoms with E-state index in [9.17, 15) is 22.8 Å². The van der Waals surface area contributed by atoms with Crippen LogP contribution in [0.2, 0.25) is 0 Å². The standard InChI is InChI=1S/C16H16F3NO3/c17-16(18,19)10-3-1-2-9(6-10)11-7-12(11)13(21)20-8-15(4-5-15)14(22)23/h1-3,6,11-12H,4-5,7-8H2,(H,20,21)(H,22,23). The minimum Gasteiger partial charge on any atom is -0.481 e. The highest BCUT2D eigenvalue weighted by Crippen LogP contribution is 2.49. The predicted octanol–water partition coefficient (Wildman–Crippen LogP) is 2.79. The van der Waals surface area contributed by atoms with E-state index in [0.29, 0.717) is 24.8 Å². The summed E-state index contributed by atoms with van der Waals surface area (Å²) in [5.74, 6) is -1.79. The van der Waals surface area contributed by atoms with Crippen molar-refractivity contribution in [3.8, 4) is 0 Å². The van der Waals surface area contributed by atoms with E-state index in [1.54, 1.807) is 6.07 Å². The van der Waals surface area contributed by atoms with Crippen LogP contribution in [0.3, 0.4) is 0 Å². The van der Waals surface area contributed by atoms with Gasteiger partial charge in [0.15, 0.2) is 0 Å². The van der Waals surface area contributed by atoms with Crippen LogP contribution in [0.15, 0.2) is 24.3 Å². The van der Waals surface area contributed by atoms with Crippen LogP contribution in [0.1, 0.15) is 36.3 Å². The number of carbonyl (C=O) groups excluding carboxylic acids is 1. The molecule has 2 atom stereocenters. The van der Waals surface area contributed by atoms with Gasteiger partial charge in [0.2, 0.25) is 5.91 Å². The highest BCUT2D eigenvalue weighted by Gasteiger charge is 2.51. The molecule has 0 aliphatic heterocycles. The van der Waals surface area contributed by atoms with Crippen LogP contribution in [0.4, 0.5) is 13.2 Å². The maximum atomic E-state index is 12.7. The second-order valence-corrected chi connectivity index (χ2v) is 6.38. The van der Waals surface area contributed by atoms with Gasteiger partial charge < -0.3 is 10.4 Å². The summed E-state index contributed by atoms with van der Waals surface area (Å²) < 4.78 is 38.1. The van der Waals surface area contributed by atoms with Gasteiger partial charge in [0.05, 0.1) is 11.0 Å². The van der Waals surface area contributed by atoms with Crippen molar-refractivity contribution in [3.63, 3.8) is 0 Å². The van der Waals surface area contributed by atoms with Crippen molar-refractivity contribution in [2.24, 2.45) is 11.3 Å². The fourth-order valence-corrected chi connectivity index (χ4v) is 2.80. The van der Waals surface area contributed by atoms with Crippen LogP contribution in [-0.4, -0.2) is 23.5 Å². The number of benzene rings is 1. The molecule has 2 aliphatic rings. The van der Waals surface area contributed by atoms with Crippen LogP contribution in [-0.2, 0) is 15.8 Å². The minimum atomic E-state index is -4.40.